The van der Waals surface area contributed by atoms with E-state index >= 15 is 0 Å². The van der Waals surface area contributed by atoms with E-state index in [4.69, 9.17) is 9.05 Å². The van der Waals surface area contributed by atoms with Gasteiger partial charge in [-0.05, 0) is 31.7 Å². The van der Waals surface area contributed by atoms with E-state index in [2.05, 4.69) is 0 Å². The van der Waals surface area contributed by atoms with Crippen LogP contribution in [0.1, 0.15) is 37.7 Å². The van der Waals surface area contributed by atoms with Crippen LogP contribution in [-0.4, -0.2) is 35.9 Å². The number of hydroxylamine groups is 2. The molecule has 0 radical (unpaired) electrons. The van der Waals surface area contributed by atoms with Crippen LogP contribution in [0, 0.1) is 0 Å². The maximum atomic E-state index is 13.0. The Morgan fingerprint density at radius 2 is 2.05 bits per heavy atom. The van der Waals surface area contributed by atoms with Crippen LogP contribution in [0.4, 0.5) is 0 Å². The summed E-state index contributed by atoms with van der Waals surface area (Å²) in [6.07, 6.45) is 0.299. The average Bonchev–Trinajstić information content (AvgIpc) is 2.92. The van der Waals surface area contributed by atoms with Crippen molar-refractivity contribution < 1.29 is 23.6 Å². The van der Waals surface area contributed by atoms with Crippen molar-refractivity contribution in [2.75, 3.05) is 19.8 Å². The monoisotopic (exact) mass is 335 g/mol. The van der Waals surface area contributed by atoms with Crippen LogP contribution in [0.2, 0.25) is 0 Å². The Morgan fingerprint density at radius 1 is 1.43 bits per heavy atom. The van der Waals surface area contributed by atoms with Gasteiger partial charge in [-0.25, -0.2) is 5.06 Å². The summed E-state index contributed by atoms with van der Waals surface area (Å²) < 4.78 is 23.8. The maximum absolute atomic E-state index is 13.0. The first-order chi connectivity index (χ1) is 9.94. The highest BCUT2D eigenvalue weighted by atomic mass is 32.1. The minimum Gasteiger partial charge on any atom is -0.308 e. The Bertz CT molecular complexity index is 469. The second-order valence-corrected chi connectivity index (χ2v) is 7.54. The number of nitrogens with zero attached hydrogens (tertiary/aromatic N) is 1. The predicted molar refractivity (Wildman–Crippen MR) is 81.7 cm³/mol. The molecular formula is C13H22NO5PS. The van der Waals surface area contributed by atoms with Crippen LogP contribution in [0.5, 0.6) is 0 Å². The molecule has 1 rings (SSSR count). The summed E-state index contributed by atoms with van der Waals surface area (Å²) in [5, 5.41) is 12.0. The quantitative estimate of drug-likeness (QED) is 0.423. The van der Waals surface area contributed by atoms with Gasteiger partial charge in [0.1, 0.15) is 0 Å². The van der Waals surface area contributed by atoms with E-state index in [1.807, 2.05) is 17.5 Å². The minimum absolute atomic E-state index is 0.0715. The first-order valence-electron chi connectivity index (χ1n) is 6.83. The van der Waals surface area contributed by atoms with Crippen molar-refractivity contribution in [3.05, 3.63) is 22.4 Å². The molecule has 0 aromatic carbocycles. The van der Waals surface area contributed by atoms with Gasteiger partial charge in [-0.3, -0.25) is 14.6 Å². The van der Waals surface area contributed by atoms with Gasteiger partial charge >= 0.3 is 7.60 Å². The molecule has 1 aromatic rings. The highest BCUT2D eigenvalue weighted by Gasteiger charge is 2.37. The summed E-state index contributed by atoms with van der Waals surface area (Å²) in [6.45, 7) is 5.40. The molecule has 6 nitrogen and oxygen atoms in total. The highest BCUT2D eigenvalue weighted by Crippen LogP contribution is 2.63. The molecule has 1 N–H and O–H groups in total. The number of hydrogen-bond donors (Lipinski definition) is 1. The summed E-state index contributed by atoms with van der Waals surface area (Å²) in [7, 11) is -3.34. The molecule has 1 unspecified atom stereocenters. The van der Waals surface area contributed by atoms with Crippen molar-refractivity contribution in [1.29, 1.82) is 0 Å². The zero-order valence-corrected chi connectivity index (χ0v) is 14.2. The lowest BCUT2D eigenvalue weighted by Crippen LogP contribution is -2.27. The van der Waals surface area contributed by atoms with Gasteiger partial charge in [-0.1, -0.05) is 6.07 Å². The Labute approximate surface area is 129 Å². The van der Waals surface area contributed by atoms with Gasteiger partial charge in [-0.2, -0.15) is 0 Å². The number of thiophene rings is 1. The van der Waals surface area contributed by atoms with E-state index in [1.54, 1.807) is 13.8 Å². The molecular weight excluding hydrogens is 313 g/mol. The fourth-order valence-electron chi connectivity index (χ4n) is 1.92. The molecule has 1 atom stereocenters. The van der Waals surface area contributed by atoms with E-state index in [0.717, 1.165) is 4.88 Å². The molecule has 1 aromatic heterocycles. The Morgan fingerprint density at radius 3 is 2.48 bits per heavy atom. The Balaban J connectivity index is 2.96. The molecule has 0 bridgehead atoms. The van der Waals surface area contributed by atoms with Crippen molar-refractivity contribution in [3.63, 3.8) is 0 Å². The number of rotatable bonds is 9. The predicted octanol–water partition coefficient (Wildman–Crippen LogP) is 3.68. The smallest absolute Gasteiger partial charge is 0.308 e. The maximum Gasteiger partial charge on any atom is 0.338 e. The van der Waals surface area contributed by atoms with Crippen molar-refractivity contribution in [2.45, 2.75) is 32.9 Å². The van der Waals surface area contributed by atoms with Gasteiger partial charge in [-0.15, -0.1) is 11.3 Å². The van der Waals surface area contributed by atoms with Gasteiger partial charge < -0.3 is 9.05 Å². The number of hydrogen-bond acceptors (Lipinski definition) is 6. The zero-order chi connectivity index (χ0) is 15.9. The van der Waals surface area contributed by atoms with Crippen molar-refractivity contribution >= 4 is 24.8 Å². The van der Waals surface area contributed by atoms with Gasteiger partial charge in [0.15, 0.2) is 0 Å². The third-order valence-electron chi connectivity index (χ3n) is 2.85. The molecule has 0 aliphatic heterocycles. The minimum atomic E-state index is -3.34. The lowest BCUT2D eigenvalue weighted by molar-refractivity contribution is -0.162. The second-order valence-electron chi connectivity index (χ2n) is 4.34. The van der Waals surface area contributed by atoms with Crippen molar-refractivity contribution in [3.8, 4) is 0 Å². The highest BCUT2D eigenvalue weighted by molar-refractivity contribution is 7.54. The molecule has 0 fully saturated rings. The summed E-state index contributed by atoms with van der Waals surface area (Å²) in [4.78, 5) is 11.9. The fourth-order valence-corrected chi connectivity index (χ4v) is 5.22. The van der Waals surface area contributed by atoms with Gasteiger partial charge in [0.2, 0.25) is 5.91 Å². The van der Waals surface area contributed by atoms with E-state index in [0.29, 0.717) is 11.5 Å². The summed E-state index contributed by atoms with van der Waals surface area (Å²) >= 11 is 1.45. The first-order valence-corrected chi connectivity index (χ1v) is 9.33. The lowest BCUT2D eigenvalue weighted by Gasteiger charge is -2.26. The second kappa shape index (κ2) is 8.66. The molecule has 1 amide bonds. The van der Waals surface area contributed by atoms with Crippen LogP contribution in [0.3, 0.4) is 0 Å². The largest absolute Gasteiger partial charge is 0.338 e. The van der Waals surface area contributed by atoms with Crippen LogP contribution >= 0.6 is 18.9 Å². The molecule has 1 heterocycles. The van der Waals surface area contributed by atoms with Crippen molar-refractivity contribution in [2.24, 2.45) is 0 Å². The topological polar surface area (TPSA) is 76.1 Å². The van der Waals surface area contributed by atoms with Gasteiger partial charge in [0.05, 0.1) is 18.9 Å². The van der Waals surface area contributed by atoms with E-state index in [9.17, 15) is 14.6 Å². The van der Waals surface area contributed by atoms with Crippen LogP contribution < -0.4 is 0 Å². The molecule has 0 aliphatic rings. The Kier molecular flexibility index (Phi) is 7.56. The summed E-state index contributed by atoms with van der Waals surface area (Å²) in [5.41, 5.74) is -0.494. The Hall–Kier alpha value is -0.720. The number of amides is 1. The third kappa shape index (κ3) is 5.20. The zero-order valence-electron chi connectivity index (χ0n) is 12.5. The molecule has 0 spiro atoms. The van der Waals surface area contributed by atoms with Crippen molar-refractivity contribution in [1.82, 2.24) is 5.06 Å². The molecule has 0 saturated carbocycles. The molecule has 0 saturated heterocycles. The van der Waals surface area contributed by atoms with Gasteiger partial charge in [0.25, 0.3) is 0 Å². The fraction of sp³-hybridized carbons (Fsp3) is 0.615. The molecule has 8 heteroatoms. The SMILES string of the molecule is CCOP(=O)(OCC)C(CCN(O)C(C)=O)c1cccs1. The third-order valence-corrected chi connectivity index (χ3v) is 6.55. The van der Waals surface area contributed by atoms with Gasteiger partial charge in [0, 0.05) is 18.3 Å². The molecule has 0 aliphatic carbocycles. The first kappa shape index (κ1) is 18.3. The molecule has 120 valence electrons. The summed E-state index contributed by atoms with van der Waals surface area (Å²) in [5.74, 6) is -0.456. The van der Waals surface area contributed by atoms with Crippen LogP contribution in [0.25, 0.3) is 0 Å². The van der Waals surface area contributed by atoms with E-state index in [-0.39, 0.29) is 19.8 Å². The number of carbonyl (C=O) groups excluding carboxylic acids is 1. The van der Waals surface area contributed by atoms with E-state index < -0.39 is 19.2 Å². The van der Waals surface area contributed by atoms with Crippen LogP contribution in [0.15, 0.2) is 17.5 Å². The van der Waals surface area contributed by atoms with E-state index in [1.165, 1.54) is 18.3 Å². The lowest BCUT2D eigenvalue weighted by atomic mass is 10.2. The summed E-state index contributed by atoms with van der Waals surface area (Å²) in [6, 6.07) is 3.71. The molecule has 21 heavy (non-hydrogen) atoms. The van der Waals surface area contributed by atoms with Crippen LogP contribution in [-0.2, 0) is 18.4 Å². The standard InChI is InChI=1S/C13H22NO5PS/c1-4-18-20(17,19-5-2)12(13-7-6-10-21-13)8-9-14(16)11(3)15/h6-7,10,12,16H,4-5,8-9H2,1-3H3. The number of carbonyl (C=O) groups is 1. The normalized spacial score (nSPS) is 13.1. The average molecular weight is 335 g/mol.